The summed E-state index contributed by atoms with van der Waals surface area (Å²) >= 11 is 12.4. The second kappa shape index (κ2) is 7.19. The van der Waals surface area contributed by atoms with Crippen molar-refractivity contribution in [1.82, 2.24) is 4.90 Å². The number of benzene rings is 2. The van der Waals surface area contributed by atoms with Crippen LogP contribution in [0.25, 0.3) is 6.08 Å². The van der Waals surface area contributed by atoms with Crippen molar-refractivity contribution in [2.45, 2.75) is 32.9 Å². The van der Waals surface area contributed by atoms with Crippen molar-refractivity contribution in [2.24, 2.45) is 17.3 Å². The van der Waals surface area contributed by atoms with Gasteiger partial charge in [-0.05, 0) is 35.4 Å². The number of hydrogen-bond acceptors (Lipinski definition) is 4. The smallest absolute Gasteiger partial charge is 0.240 e. The molecule has 0 spiro atoms. The standard InChI is InChI=1S/C25H22Cl2N2O3/c1-25(2,3)22(30)21-19-18(20-15-7-5-4-6-13(15)10-11-28(20)21)23(31)29(24(19)32)17-9-8-14(26)12-16(17)27/h4-12,18-21H,1-3H3/t18-,19-,20+,21-/m0/s1. The average molecular weight is 469 g/mol. The maximum absolute atomic E-state index is 13.8. The van der Waals surface area contributed by atoms with Crippen molar-refractivity contribution < 1.29 is 14.4 Å². The van der Waals surface area contributed by atoms with Crippen LogP contribution in [-0.4, -0.2) is 28.5 Å². The van der Waals surface area contributed by atoms with Crippen LogP contribution in [0.3, 0.4) is 0 Å². The van der Waals surface area contributed by atoms with Crippen molar-refractivity contribution in [2.75, 3.05) is 4.90 Å². The number of amides is 2. The van der Waals surface area contributed by atoms with Crippen LogP contribution in [0.15, 0.2) is 48.7 Å². The molecular formula is C25H22Cl2N2O3. The summed E-state index contributed by atoms with van der Waals surface area (Å²) in [5, 5.41) is 0.634. The molecule has 0 aromatic heterocycles. The van der Waals surface area contributed by atoms with Crippen LogP contribution in [0.5, 0.6) is 0 Å². The summed E-state index contributed by atoms with van der Waals surface area (Å²) in [6.07, 6.45) is 3.80. The minimum atomic E-state index is -0.790. The van der Waals surface area contributed by atoms with Gasteiger partial charge in [0.2, 0.25) is 11.8 Å². The van der Waals surface area contributed by atoms with Crippen molar-refractivity contribution in [3.05, 3.63) is 69.8 Å². The number of hydrogen-bond donors (Lipinski definition) is 0. The lowest BCUT2D eigenvalue weighted by molar-refractivity contribution is -0.135. The van der Waals surface area contributed by atoms with Crippen molar-refractivity contribution >= 4 is 52.6 Å². The predicted molar refractivity (Wildman–Crippen MR) is 124 cm³/mol. The molecule has 2 aromatic carbocycles. The van der Waals surface area contributed by atoms with Crippen LogP contribution >= 0.6 is 23.2 Å². The Labute approximate surface area is 196 Å². The van der Waals surface area contributed by atoms with E-state index in [0.717, 1.165) is 16.0 Å². The molecule has 2 aromatic rings. The van der Waals surface area contributed by atoms with E-state index in [0.29, 0.717) is 10.7 Å². The summed E-state index contributed by atoms with van der Waals surface area (Å²) in [6, 6.07) is 11.3. The van der Waals surface area contributed by atoms with E-state index in [1.165, 1.54) is 6.07 Å². The highest BCUT2D eigenvalue weighted by molar-refractivity contribution is 6.38. The summed E-state index contributed by atoms with van der Waals surface area (Å²) in [6.45, 7) is 5.52. The Morgan fingerprint density at radius 2 is 1.66 bits per heavy atom. The summed E-state index contributed by atoms with van der Waals surface area (Å²) in [5.74, 6) is -2.27. The Morgan fingerprint density at radius 3 is 2.34 bits per heavy atom. The SMILES string of the molecule is CC(C)(C)C(=O)[C@@H]1[C@H]2C(=O)N(c3ccc(Cl)cc3Cl)C(=O)[C@@H]2[C@H]2c3ccccc3C=CN12. The quantitative estimate of drug-likeness (QED) is 0.573. The lowest BCUT2D eigenvalue weighted by Gasteiger charge is -2.37. The van der Waals surface area contributed by atoms with E-state index in [1.807, 2.05) is 62.2 Å². The predicted octanol–water partition coefficient (Wildman–Crippen LogP) is 5.12. The van der Waals surface area contributed by atoms with E-state index in [2.05, 4.69) is 0 Å². The molecule has 0 N–H and O–H groups in total. The number of halogens is 2. The number of anilines is 1. The second-order valence-electron chi connectivity index (χ2n) is 9.55. The van der Waals surface area contributed by atoms with Crippen LogP contribution in [0.1, 0.15) is 37.9 Å². The largest absolute Gasteiger partial charge is 0.359 e. The number of ketones is 1. The van der Waals surface area contributed by atoms with Crippen LogP contribution in [0.4, 0.5) is 5.69 Å². The van der Waals surface area contributed by atoms with Crippen molar-refractivity contribution in [3.63, 3.8) is 0 Å². The first-order valence-electron chi connectivity index (χ1n) is 10.5. The highest BCUT2D eigenvalue weighted by Crippen LogP contribution is 2.54. The zero-order chi connectivity index (χ0) is 22.9. The van der Waals surface area contributed by atoms with E-state index >= 15 is 0 Å². The molecule has 3 heterocycles. The second-order valence-corrected chi connectivity index (χ2v) is 10.4. The number of fused-ring (bicyclic) bond motifs is 5. The zero-order valence-electron chi connectivity index (χ0n) is 17.9. The van der Waals surface area contributed by atoms with Gasteiger partial charge >= 0.3 is 0 Å². The van der Waals surface area contributed by atoms with Gasteiger partial charge < -0.3 is 4.90 Å². The summed E-state index contributed by atoms with van der Waals surface area (Å²) in [7, 11) is 0. The molecule has 0 radical (unpaired) electrons. The van der Waals surface area contributed by atoms with E-state index in [4.69, 9.17) is 23.2 Å². The molecule has 2 saturated heterocycles. The molecule has 3 aliphatic heterocycles. The minimum Gasteiger partial charge on any atom is -0.359 e. The Morgan fingerprint density at radius 1 is 0.969 bits per heavy atom. The fraction of sp³-hybridized carbons (Fsp3) is 0.320. The van der Waals surface area contributed by atoms with Gasteiger partial charge in [-0.25, -0.2) is 4.90 Å². The van der Waals surface area contributed by atoms with Crippen LogP contribution in [-0.2, 0) is 14.4 Å². The van der Waals surface area contributed by atoms with E-state index in [-0.39, 0.29) is 16.7 Å². The third kappa shape index (κ3) is 2.95. The normalized spacial score (nSPS) is 26.3. The average Bonchev–Trinajstić information content (AvgIpc) is 3.20. The topological polar surface area (TPSA) is 57.7 Å². The number of carbonyl (C=O) groups excluding carboxylic acids is 3. The van der Waals surface area contributed by atoms with Crippen molar-refractivity contribution in [3.8, 4) is 0 Å². The van der Waals surface area contributed by atoms with Gasteiger partial charge in [0, 0.05) is 16.6 Å². The maximum atomic E-state index is 13.8. The molecule has 164 valence electrons. The number of Topliss-reactive ketones (excluding diaryl/α,β-unsaturated/α-hetero) is 1. The third-order valence-corrected chi connectivity index (χ3v) is 7.16. The van der Waals surface area contributed by atoms with E-state index in [1.54, 1.807) is 12.1 Å². The molecule has 5 nitrogen and oxygen atoms in total. The first kappa shape index (κ1) is 21.2. The Hall–Kier alpha value is -2.63. The van der Waals surface area contributed by atoms with E-state index in [9.17, 15) is 14.4 Å². The van der Waals surface area contributed by atoms with Gasteiger partial charge in [0.1, 0.15) is 6.04 Å². The molecule has 4 atom stereocenters. The zero-order valence-corrected chi connectivity index (χ0v) is 19.4. The third-order valence-electron chi connectivity index (χ3n) is 6.62. The molecule has 0 bridgehead atoms. The van der Waals surface area contributed by atoms with Gasteiger partial charge in [0.15, 0.2) is 5.78 Å². The van der Waals surface area contributed by atoms with Gasteiger partial charge in [0.05, 0.1) is 28.6 Å². The lowest BCUT2D eigenvalue weighted by Crippen LogP contribution is -2.47. The molecule has 0 aliphatic carbocycles. The van der Waals surface area contributed by atoms with E-state index < -0.39 is 35.2 Å². The number of imide groups is 1. The monoisotopic (exact) mass is 468 g/mol. The van der Waals surface area contributed by atoms with Gasteiger partial charge in [-0.1, -0.05) is 68.2 Å². The van der Waals surface area contributed by atoms with Gasteiger partial charge in [-0.3, -0.25) is 14.4 Å². The summed E-state index contributed by atoms with van der Waals surface area (Å²) in [5.41, 5.74) is 1.55. The fourth-order valence-corrected chi connectivity index (χ4v) is 5.69. The summed E-state index contributed by atoms with van der Waals surface area (Å²) in [4.78, 5) is 44.2. The fourth-order valence-electron chi connectivity index (χ4n) is 5.20. The van der Waals surface area contributed by atoms with Crippen molar-refractivity contribution in [1.29, 1.82) is 0 Å². The molecule has 2 amide bonds. The molecule has 3 aliphatic rings. The molecular weight excluding hydrogens is 447 g/mol. The Kier molecular flexibility index (Phi) is 4.77. The highest BCUT2D eigenvalue weighted by Gasteiger charge is 2.65. The molecule has 32 heavy (non-hydrogen) atoms. The Bertz CT molecular complexity index is 1200. The lowest BCUT2D eigenvalue weighted by atomic mass is 9.79. The van der Waals surface area contributed by atoms with Crippen LogP contribution < -0.4 is 4.90 Å². The molecule has 2 fully saturated rings. The van der Waals surface area contributed by atoms with Crippen LogP contribution in [0.2, 0.25) is 10.0 Å². The maximum Gasteiger partial charge on any atom is 0.240 e. The molecule has 0 unspecified atom stereocenters. The van der Waals surface area contributed by atoms with Gasteiger partial charge in [0.25, 0.3) is 0 Å². The minimum absolute atomic E-state index is 0.0655. The summed E-state index contributed by atoms with van der Waals surface area (Å²) < 4.78 is 0. The van der Waals surface area contributed by atoms with Crippen LogP contribution in [0, 0.1) is 17.3 Å². The van der Waals surface area contributed by atoms with Gasteiger partial charge in [-0.15, -0.1) is 0 Å². The first-order valence-corrected chi connectivity index (χ1v) is 11.3. The number of rotatable bonds is 2. The number of nitrogens with zero attached hydrogens (tertiary/aromatic N) is 2. The molecule has 7 heteroatoms. The molecule has 5 rings (SSSR count). The molecule has 0 saturated carbocycles. The highest BCUT2D eigenvalue weighted by atomic mass is 35.5. The Balaban J connectivity index is 1.68. The number of carbonyl (C=O) groups is 3. The first-order chi connectivity index (χ1) is 15.1. The van der Waals surface area contributed by atoms with Gasteiger partial charge in [-0.2, -0.15) is 0 Å².